The minimum Gasteiger partial charge on any atom is -0.278 e. The molecule has 32 heavy (non-hydrogen) atoms. The number of aliphatic imine (C=N–C) groups is 1. The van der Waals surface area contributed by atoms with E-state index in [1.54, 1.807) is 12.1 Å². The van der Waals surface area contributed by atoms with E-state index in [0.29, 0.717) is 58.4 Å². The molecule has 0 saturated carbocycles. The van der Waals surface area contributed by atoms with E-state index in [2.05, 4.69) is 20.4 Å². The summed E-state index contributed by atoms with van der Waals surface area (Å²) < 4.78 is 2.77. The molecule has 1 aromatic carbocycles. The van der Waals surface area contributed by atoms with Gasteiger partial charge in [-0.2, -0.15) is 4.80 Å². The van der Waals surface area contributed by atoms with Crippen LogP contribution in [0.1, 0.15) is 36.7 Å². The van der Waals surface area contributed by atoms with Crippen LogP contribution in [-0.4, -0.2) is 34.5 Å². The first-order valence-electron chi connectivity index (χ1n) is 10.2. The molecule has 9 nitrogen and oxygen atoms in total. The van der Waals surface area contributed by atoms with Crippen molar-refractivity contribution in [3.8, 4) is 0 Å². The lowest BCUT2D eigenvalue weighted by Crippen LogP contribution is -2.41. The summed E-state index contributed by atoms with van der Waals surface area (Å²) in [5.41, 5.74) is 0.660. The fourth-order valence-corrected chi connectivity index (χ4v) is 4.13. The van der Waals surface area contributed by atoms with Gasteiger partial charge in [0.25, 0.3) is 5.56 Å². The Hall–Kier alpha value is -2.49. The van der Waals surface area contributed by atoms with E-state index < -0.39 is 0 Å². The molecule has 0 amide bonds. The smallest absolute Gasteiger partial charge is 0.278 e. The molecule has 168 valence electrons. The molecular formula is C20H20Cl3N7O2. The van der Waals surface area contributed by atoms with Crippen molar-refractivity contribution in [3.05, 3.63) is 66.0 Å². The van der Waals surface area contributed by atoms with E-state index in [4.69, 9.17) is 34.8 Å². The van der Waals surface area contributed by atoms with E-state index in [0.717, 1.165) is 12.0 Å². The summed E-state index contributed by atoms with van der Waals surface area (Å²) in [4.78, 5) is 31.4. The van der Waals surface area contributed by atoms with E-state index >= 15 is 0 Å². The first-order chi connectivity index (χ1) is 15.4. The predicted octanol–water partition coefficient (Wildman–Crippen LogP) is 3.22. The number of tetrazole rings is 1. The summed E-state index contributed by atoms with van der Waals surface area (Å²) >= 11 is 18.0. The van der Waals surface area contributed by atoms with Gasteiger partial charge in [0.1, 0.15) is 11.0 Å². The molecule has 0 unspecified atom stereocenters. The van der Waals surface area contributed by atoms with Crippen LogP contribution in [0.25, 0.3) is 0 Å². The van der Waals surface area contributed by atoms with Gasteiger partial charge in [-0.1, -0.05) is 47.8 Å². The summed E-state index contributed by atoms with van der Waals surface area (Å²) in [6, 6.07) is 5.34. The summed E-state index contributed by atoms with van der Waals surface area (Å²) in [5, 5.41) is 13.7. The molecule has 0 radical (unpaired) electrons. The maximum Gasteiger partial charge on any atom is 0.332 e. The van der Waals surface area contributed by atoms with Crippen LogP contribution >= 0.6 is 34.8 Å². The highest BCUT2D eigenvalue weighted by Crippen LogP contribution is 2.24. The molecule has 1 aliphatic rings. The molecule has 0 N–H and O–H groups in total. The minimum atomic E-state index is -0.377. The van der Waals surface area contributed by atoms with Gasteiger partial charge in [0, 0.05) is 25.9 Å². The van der Waals surface area contributed by atoms with E-state index in [1.807, 2.05) is 13.0 Å². The number of hydrogen-bond donors (Lipinski definition) is 0. The SMILES string of the molecule is CCCn1c2c(c(=O)n(CCCn3nnc(Cc4ccc(Cl)c(Cl)c4)n3)c1=O)CC(Cl)=N2. The maximum absolute atomic E-state index is 12.9. The molecule has 0 aliphatic carbocycles. The average molecular weight is 497 g/mol. The van der Waals surface area contributed by atoms with Crippen molar-refractivity contribution in [2.45, 2.75) is 52.2 Å². The number of halogens is 3. The number of fused-ring (bicyclic) bond motifs is 1. The van der Waals surface area contributed by atoms with Gasteiger partial charge in [-0.05, 0) is 35.8 Å². The Kier molecular flexibility index (Phi) is 6.78. The van der Waals surface area contributed by atoms with Crippen LogP contribution in [0.15, 0.2) is 32.8 Å². The van der Waals surface area contributed by atoms with Crippen LogP contribution in [0.5, 0.6) is 0 Å². The Morgan fingerprint density at radius 1 is 1.03 bits per heavy atom. The van der Waals surface area contributed by atoms with Crippen molar-refractivity contribution >= 4 is 45.8 Å². The number of benzene rings is 1. The van der Waals surface area contributed by atoms with Gasteiger partial charge in [0.2, 0.25) is 0 Å². The van der Waals surface area contributed by atoms with Crippen LogP contribution in [0, 0.1) is 0 Å². The van der Waals surface area contributed by atoms with Crippen LogP contribution in [0.4, 0.5) is 5.82 Å². The molecular weight excluding hydrogens is 477 g/mol. The molecule has 4 rings (SSSR count). The lowest BCUT2D eigenvalue weighted by Gasteiger charge is -2.13. The number of nitrogens with zero attached hydrogens (tertiary/aromatic N) is 7. The van der Waals surface area contributed by atoms with Crippen molar-refractivity contribution in [1.29, 1.82) is 0 Å². The Balaban J connectivity index is 1.45. The average Bonchev–Trinajstić information content (AvgIpc) is 3.37. The second-order valence-electron chi connectivity index (χ2n) is 7.44. The topological polar surface area (TPSA) is 100.0 Å². The van der Waals surface area contributed by atoms with Gasteiger partial charge < -0.3 is 0 Å². The van der Waals surface area contributed by atoms with Crippen molar-refractivity contribution in [3.63, 3.8) is 0 Å². The summed E-state index contributed by atoms with van der Waals surface area (Å²) in [6.45, 7) is 3.07. The second kappa shape index (κ2) is 9.56. The molecule has 3 heterocycles. The number of aromatic nitrogens is 6. The lowest BCUT2D eigenvalue weighted by atomic mass is 10.1. The number of hydrogen-bond acceptors (Lipinski definition) is 6. The minimum absolute atomic E-state index is 0.232. The Morgan fingerprint density at radius 3 is 2.59 bits per heavy atom. The highest BCUT2D eigenvalue weighted by molar-refractivity contribution is 6.66. The first-order valence-corrected chi connectivity index (χ1v) is 11.3. The molecule has 12 heteroatoms. The van der Waals surface area contributed by atoms with Crippen LogP contribution < -0.4 is 11.2 Å². The molecule has 0 saturated heterocycles. The molecule has 1 aliphatic heterocycles. The third-order valence-corrected chi connectivity index (χ3v) is 6.03. The Bertz CT molecular complexity index is 1310. The largest absolute Gasteiger partial charge is 0.332 e. The summed E-state index contributed by atoms with van der Waals surface area (Å²) in [6.07, 6.45) is 1.94. The summed E-state index contributed by atoms with van der Waals surface area (Å²) in [7, 11) is 0. The molecule has 0 fully saturated rings. The van der Waals surface area contributed by atoms with Gasteiger partial charge in [-0.15, -0.1) is 10.2 Å². The van der Waals surface area contributed by atoms with Crippen molar-refractivity contribution in [2.75, 3.05) is 0 Å². The van der Waals surface area contributed by atoms with Crippen LogP contribution in [-0.2, 0) is 32.5 Å². The molecule has 0 atom stereocenters. The monoisotopic (exact) mass is 495 g/mol. The van der Waals surface area contributed by atoms with Crippen molar-refractivity contribution in [2.24, 2.45) is 4.99 Å². The summed E-state index contributed by atoms with van der Waals surface area (Å²) in [5.74, 6) is 0.920. The fraction of sp³-hybridized carbons (Fsp3) is 0.400. The van der Waals surface area contributed by atoms with Gasteiger partial charge in [-0.3, -0.25) is 13.9 Å². The third kappa shape index (κ3) is 4.65. The van der Waals surface area contributed by atoms with Crippen LogP contribution in [0.3, 0.4) is 0 Å². The predicted molar refractivity (Wildman–Crippen MR) is 124 cm³/mol. The van der Waals surface area contributed by atoms with Gasteiger partial charge in [0.05, 0.1) is 22.2 Å². The number of rotatable bonds is 8. The maximum atomic E-state index is 12.9. The molecule has 2 aromatic heterocycles. The second-order valence-corrected chi connectivity index (χ2v) is 8.69. The Morgan fingerprint density at radius 2 is 1.84 bits per heavy atom. The number of aryl methyl sites for hydroxylation is 1. The van der Waals surface area contributed by atoms with Crippen molar-refractivity contribution < 1.29 is 0 Å². The first kappa shape index (κ1) is 22.7. The van der Waals surface area contributed by atoms with Crippen LogP contribution in [0.2, 0.25) is 10.0 Å². The van der Waals surface area contributed by atoms with Gasteiger partial charge >= 0.3 is 5.69 Å². The lowest BCUT2D eigenvalue weighted by molar-refractivity contribution is 0.449. The van der Waals surface area contributed by atoms with E-state index in [1.165, 1.54) is 13.9 Å². The fourth-order valence-electron chi connectivity index (χ4n) is 3.59. The highest BCUT2D eigenvalue weighted by atomic mass is 35.5. The molecule has 0 bridgehead atoms. The zero-order valence-electron chi connectivity index (χ0n) is 17.3. The van der Waals surface area contributed by atoms with Gasteiger partial charge in [-0.25, -0.2) is 9.79 Å². The standard InChI is InChI=1S/C20H20Cl3N7O2/c1-2-6-28-18-13(11-16(23)24-18)19(31)29(20(28)32)7-3-8-30-26-17(25-27-30)10-12-4-5-14(21)15(22)9-12/h4-5,9H,2-3,6-8,10-11H2,1H3. The van der Waals surface area contributed by atoms with Gasteiger partial charge in [0.15, 0.2) is 5.82 Å². The highest BCUT2D eigenvalue weighted by Gasteiger charge is 2.24. The van der Waals surface area contributed by atoms with E-state index in [-0.39, 0.29) is 24.2 Å². The quantitative estimate of drug-likeness (QED) is 0.477. The van der Waals surface area contributed by atoms with E-state index in [9.17, 15) is 9.59 Å². The zero-order chi connectivity index (χ0) is 22.8. The molecule has 0 spiro atoms. The normalized spacial score (nSPS) is 12.8. The third-order valence-electron chi connectivity index (χ3n) is 5.07. The zero-order valence-corrected chi connectivity index (χ0v) is 19.5. The molecule has 3 aromatic rings. The van der Waals surface area contributed by atoms with Crippen molar-refractivity contribution in [1.82, 2.24) is 29.3 Å². The Labute approximate surface area is 198 Å².